The fourth-order valence-electron chi connectivity index (χ4n) is 9.91. The molecule has 0 fully saturated rings. The van der Waals surface area contributed by atoms with Crippen LogP contribution in [0, 0.1) is 17.9 Å². The number of pyridine rings is 2. The van der Waals surface area contributed by atoms with Gasteiger partial charge in [0.1, 0.15) is 11.6 Å². The van der Waals surface area contributed by atoms with Gasteiger partial charge < -0.3 is 9.13 Å². The third-order valence-corrected chi connectivity index (χ3v) is 13.0. The summed E-state index contributed by atoms with van der Waals surface area (Å²) in [6.45, 7) is 8.12. The van der Waals surface area contributed by atoms with Gasteiger partial charge >= 0.3 is 6.18 Å². The number of aromatic nitrogens is 4. The van der Waals surface area contributed by atoms with E-state index in [0.29, 0.717) is 11.4 Å². The minimum atomic E-state index is -4.80. The molecular formula is C61H35F3N6. The first-order chi connectivity index (χ1) is 34.3. The van der Waals surface area contributed by atoms with E-state index in [-0.39, 0.29) is 22.4 Å². The maximum absolute atomic E-state index is 15.2. The van der Waals surface area contributed by atoms with Gasteiger partial charge in [-0.1, -0.05) is 140 Å². The Bertz CT molecular complexity index is 3920. The Morgan fingerprint density at radius 2 is 0.857 bits per heavy atom. The first-order valence-electron chi connectivity index (χ1n) is 22.6. The van der Waals surface area contributed by atoms with E-state index in [1.165, 1.54) is 12.1 Å². The Balaban J connectivity index is 1.13. The Morgan fingerprint density at radius 3 is 1.31 bits per heavy atom. The van der Waals surface area contributed by atoms with Crippen LogP contribution in [0.25, 0.3) is 116 Å². The molecule has 0 atom stereocenters. The van der Waals surface area contributed by atoms with Gasteiger partial charge in [-0.15, -0.1) is 0 Å². The lowest BCUT2D eigenvalue weighted by molar-refractivity contribution is -0.137. The second kappa shape index (κ2) is 16.6. The van der Waals surface area contributed by atoms with Crippen molar-refractivity contribution in [3.05, 3.63) is 235 Å². The van der Waals surface area contributed by atoms with Crippen molar-refractivity contribution in [1.82, 2.24) is 19.1 Å². The highest BCUT2D eigenvalue weighted by molar-refractivity contribution is 6.12. The third-order valence-electron chi connectivity index (χ3n) is 13.0. The van der Waals surface area contributed by atoms with Crippen LogP contribution in [-0.4, -0.2) is 19.1 Å². The number of fused-ring (bicyclic) bond motifs is 6. The lowest BCUT2D eigenvalue weighted by atomic mass is 9.94. The number of nitriles is 1. The van der Waals surface area contributed by atoms with E-state index in [1.54, 1.807) is 12.1 Å². The summed E-state index contributed by atoms with van der Waals surface area (Å²) in [6.07, 6.45) is -4.80. The Labute approximate surface area is 399 Å². The van der Waals surface area contributed by atoms with Gasteiger partial charge in [0, 0.05) is 43.8 Å². The molecule has 0 amide bonds. The molecule has 0 aliphatic rings. The summed E-state index contributed by atoms with van der Waals surface area (Å²) in [5, 5.41) is 15.0. The normalized spacial score (nSPS) is 11.6. The molecule has 0 spiro atoms. The Hall–Kier alpha value is -9.57. The fraction of sp³-hybridized carbons (Fsp3) is 0.0164. The van der Waals surface area contributed by atoms with Crippen molar-refractivity contribution in [3.8, 4) is 73.6 Å². The largest absolute Gasteiger partial charge is 0.415 e. The van der Waals surface area contributed by atoms with Crippen molar-refractivity contribution < 1.29 is 13.2 Å². The van der Waals surface area contributed by atoms with Crippen LogP contribution in [0.4, 0.5) is 18.9 Å². The second-order valence-electron chi connectivity index (χ2n) is 17.0. The predicted molar refractivity (Wildman–Crippen MR) is 274 cm³/mol. The van der Waals surface area contributed by atoms with Crippen LogP contribution in [0.2, 0.25) is 0 Å². The summed E-state index contributed by atoms with van der Waals surface area (Å²) in [5.74, 6) is 0. The molecule has 330 valence electrons. The maximum Gasteiger partial charge on any atom is 0.415 e. The van der Waals surface area contributed by atoms with Gasteiger partial charge in [0.2, 0.25) is 0 Å². The van der Waals surface area contributed by atoms with Crippen molar-refractivity contribution in [2.24, 2.45) is 0 Å². The van der Waals surface area contributed by atoms with Crippen LogP contribution in [0.5, 0.6) is 0 Å². The van der Waals surface area contributed by atoms with Gasteiger partial charge in [-0.25, -0.2) is 14.8 Å². The average Bonchev–Trinajstić information content (AvgIpc) is 3.92. The average molecular weight is 909 g/mol. The lowest BCUT2D eigenvalue weighted by Crippen LogP contribution is -2.09. The maximum atomic E-state index is 15.2. The first kappa shape index (κ1) is 41.8. The molecule has 12 rings (SSSR count). The topological polar surface area (TPSA) is 63.8 Å². The van der Waals surface area contributed by atoms with E-state index < -0.39 is 11.7 Å². The van der Waals surface area contributed by atoms with Crippen LogP contribution in [0.3, 0.4) is 0 Å². The first-order valence-corrected chi connectivity index (χ1v) is 22.6. The number of nitrogens with zero attached hydrogens (tertiary/aromatic N) is 6. The zero-order valence-electron chi connectivity index (χ0n) is 37.0. The third kappa shape index (κ3) is 6.96. The summed E-state index contributed by atoms with van der Waals surface area (Å²) >= 11 is 0. The van der Waals surface area contributed by atoms with Crippen LogP contribution in [0.1, 0.15) is 11.1 Å². The van der Waals surface area contributed by atoms with Gasteiger partial charge in [-0.2, -0.15) is 18.4 Å². The molecule has 8 aromatic carbocycles. The van der Waals surface area contributed by atoms with Gasteiger partial charge in [0.15, 0.2) is 5.69 Å². The van der Waals surface area contributed by atoms with Crippen molar-refractivity contribution in [2.45, 2.75) is 6.18 Å². The van der Waals surface area contributed by atoms with Gasteiger partial charge in [0.05, 0.1) is 68.4 Å². The van der Waals surface area contributed by atoms with E-state index in [4.69, 9.17) is 16.5 Å². The molecule has 12 aromatic rings. The molecule has 0 saturated heterocycles. The summed E-state index contributed by atoms with van der Waals surface area (Å²) in [5.41, 5.74) is 9.57. The minimum Gasteiger partial charge on any atom is -0.308 e. The summed E-state index contributed by atoms with van der Waals surface area (Å²) in [4.78, 5) is 13.7. The van der Waals surface area contributed by atoms with Crippen molar-refractivity contribution >= 4 is 49.3 Å². The van der Waals surface area contributed by atoms with Gasteiger partial charge in [0.25, 0.3) is 0 Å². The minimum absolute atomic E-state index is 0.136. The summed E-state index contributed by atoms with van der Waals surface area (Å²) in [6, 6.07) is 68.9. The smallest absolute Gasteiger partial charge is 0.308 e. The molecule has 4 heterocycles. The molecule has 0 N–H and O–H groups in total. The molecule has 0 aliphatic heterocycles. The van der Waals surface area contributed by atoms with E-state index in [1.807, 2.05) is 179 Å². The zero-order chi connectivity index (χ0) is 47.5. The molecule has 9 heteroatoms. The monoisotopic (exact) mass is 908 g/mol. The number of alkyl halides is 3. The van der Waals surface area contributed by atoms with Crippen LogP contribution < -0.4 is 0 Å². The molecule has 70 heavy (non-hydrogen) atoms. The highest BCUT2D eigenvalue weighted by Gasteiger charge is 2.35. The number of benzene rings is 8. The number of hydrogen-bond acceptors (Lipinski definition) is 3. The van der Waals surface area contributed by atoms with Crippen molar-refractivity contribution in [1.29, 1.82) is 5.26 Å². The molecule has 0 unspecified atom stereocenters. The molecule has 0 radical (unpaired) electrons. The van der Waals surface area contributed by atoms with Crippen LogP contribution >= 0.6 is 0 Å². The molecule has 4 aromatic heterocycles. The van der Waals surface area contributed by atoms with Crippen molar-refractivity contribution in [2.75, 3.05) is 0 Å². The van der Waals surface area contributed by atoms with Crippen LogP contribution in [0.15, 0.2) is 212 Å². The number of para-hydroxylation sites is 2. The quantitative estimate of drug-likeness (QED) is 0.150. The molecule has 6 nitrogen and oxygen atoms in total. The van der Waals surface area contributed by atoms with Gasteiger partial charge in [-0.3, -0.25) is 0 Å². The van der Waals surface area contributed by atoms with E-state index >= 15 is 13.2 Å². The highest BCUT2D eigenvalue weighted by atomic mass is 19.4. The van der Waals surface area contributed by atoms with E-state index in [2.05, 4.69) is 23.0 Å². The molecular weight excluding hydrogens is 874 g/mol. The number of hydrogen-bond donors (Lipinski definition) is 0. The highest BCUT2D eigenvalue weighted by Crippen LogP contribution is 2.47. The Morgan fingerprint density at radius 1 is 0.429 bits per heavy atom. The number of rotatable bonds is 7. The molecule has 0 saturated carbocycles. The SMILES string of the molecule is [C-]#[N+]c1cccc(C(F)(F)F)c1-c1cc(-n2c3ccccc3c3cc(-c4cccc(-c5ccccc5)n4)ccc32)c(C#N)c(-n2c3ccccc3c3cc(-c4cccc(-c5ccccc5)n4)ccc32)c1. The number of halogens is 3. The fourth-order valence-corrected chi connectivity index (χ4v) is 9.91. The van der Waals surface area contributed by atoms with Crippen molar-refractivity contribution in [3.63, 3.8) is 0 Å². The molecule has 0 aliphatic carbocycles. The summed E-state index contributed by atoms with van der Waals surface area (Å²) in [7, 11) is 0. The Kier molecular flexibility index (Phi) is 9.94. The predicted octanol–water partition coefficient (Wildman–Crippen LogP) is 16.4. The van der Waals surface area contributed by atoms with Gasteiger partial charge in [-0.05, 0) is 83.9 Å². The van der Waals surface area contributed by atoms with E-state index in [0.717, 1.165) is 94.7 Å². The lowest BCUT2D eigenvalue weighted by Gasteiger charge is -2.21. The standard InChI is InChI=1S/C61H35F3N6/c1-66-53-26-12-21-48(61(62,63)64)60(53)42-35-58(69-54-27-10-8-19-43(54)45-33-40(29-31-56(45)69)51-24-13-22-49(67-51)38-15-4-2-5-16-38)47(37-65)59(36-42)70-55-28-11-9-20-44(55)46-34-41(30-32-57(46)70)52-25-14-23-50(68-52)39-17-6-3-7-18-39/h2-36H. The summed E-state index contributed by atoms with van der Waals surface area (Å²) < 4.78 is 49.5. The second-order valence-corrected chi connectivity index (χ2v) is 17.0. The zero-order valence-corrected chi connectivity index (χ0v) is 37.0. The van der Waals surface area contributed by atoms with Crippen LogP contribution in [-0.2, 0) is 6.18 Å². The molecule has 0 bridgehead atoms. The van der Waals surface area contributed by atoms with E-state index in [9.17, 15) is 5.26 Å².